The quantitative estimate of drug-likeness (QED) is 0.246. The predicted octanol–water partition coefficient (Wildman–Crippen LogP) is 7.10. The van der Waals surface area contributed by atoms with Crippen molar-refractivity contribution < 1.29 is 23.3 Å². The van der Waals surface area contributed by atoms with E-state index < -0.39 is 13.2 Å². The van der Waals surface area contributed by atoms with Gasteiger partial charge in [-0.15, -0.1) is 0 Å². The second-order valence-corrected chi connectivity index (χ2v) is 13.0. The molecule has 0 spiro atoms. The number of benzene rings is 2. The maximum Gasteiger partial charge on any atom is 0.213 e. The Kier molecular flexibility index (Phi) is 10.1. The topological polar surface area (TPSA) is 71.9 Å². The van der Waals surface area contributed by atoms with Gasteiger partial charge in [0.1, 0.15) is 18.2 Å². The normalized spacial score (nSPS) is 14.1. The van der Waals surface area contributed by atoms with E-state index in [0.29, 0.717) is 42.4 Å². The Balaban J connectivity index is 1.91. The molecule has 38 heavy (non-hydrogen) atoms. The van der Waals surface area contributed by atoms with Crippen LogP contribution in [-0.4, -0.2) is 46.8 Å². The summed E-state index contributed by atoms with van der Waals surface area (Å²) in [6.45, 7) is 12.9. The van der Waals surface area contributed by atoms with E-state index in [1.54, 1.807) is 6.07 Å². The maximum absolute atomic E-state index is 14.9. The first-order valence-electron chi connectivity index (χ1n) is 13.0. The van der Waals surface area contributed by atoms with Crippen molar-refractivity contribution in [3.8, 4) is 22.8 Å². The number of hydrogen-bond acceptors (Lipinski definition) is 5. The predicted molar refractivity (Wildman–Crippen MR) is 152 cm³/mol. The fourth-order valence-electron chi connectivity index (χ4n) is 4.72. The average Bonchev–Trinajstić information content (AvgIpc) is 2.85. The standard InChI is InChI=1S/C30H40FN2O4P/c1-20(2)33(21(3)4)17-25-13-23(11-12-27(25)28-15-30(36-6)32-16-29(28)31)18-37-26-10-8-9-24(14-26)22(5)19-38(7,34)35/h8-16,20-22H,17-19H2,1-7H3,(H,34,35). The lowest BCUT2D eigenvalue weighted by atomic mass is 9.96. The van der Waals surface area contributed by atoms with Gasteiger partial charge in [-0.2, -0.15) is 0 Å². The molecule has 0 aliphatic carbocycles. The molecule has 1 N–H and O–H groups in total. The zero-order valence-corrected chi connectivity index (χ0v) is 24.3. The number of ether oxygens (including phenoxy) is 2. The molecule has 0 aliphatic rings. The highest BCUT2D eigenvalue weighted by Gasteiger charge is 2.20. The van der Waals surface area contributed by atoms with E-state index in [1.165, 1.54) is 20.0 Å². The van der Waals surface area contributed by atoms with Gasteiger partial charge in [-0.1, -0.05) is 37.3 Å². The number of halogens is 1. The van der Waals surface area contributed by atoms with E-state index in [2.05, 4.69) is 43.6 Å². The zero-order chi connectivity index (χ0) is 28.0. The van der Waals surface area contributed by atoms with Gasteiger partial charge in [-0.3, -0.25) is 9.46 Å². The van der Waals surface area contributed by atoms with E-state index in [0.717, 1.165) is 22.3 Å². The summed E-state index contributed by atoms with van der Waals surface area (Å²) in [5, 5.41) is 0. The van der Waals surface area contributed by atoms with Crippen molar-refractivity contribution in [2.24, 2.45) is 0 Å². The fourth-order valence-corrected chi connectivity index (χ4v) is 5.94. The monoisotopic (exact) mass is 542 g/mol. The van der Waals surface area contributed by atoms with Crippen LogP contribution in [0.1, 0.15) is 57.2 Å². The van der Waals surface area contributed by atoms with Crippen LogP contribution < -0.4 is 9.47 Å². The summed E-state index contributed by atoms with van der Waals surface area (Å²) < 4.78 is 38.2. The minimum absolute atomic E-state index is 0.0597. The fraction of sp³-hybridized carbons (Fsp3) is 0.433. The number of nitrogens with zero attached hydrogens (tertiary/aromatic N) is 2. The summed E-state index contributed by atoms with van der Waals surface area (Å²) >= 11 is 0. The van der Waals surface area contributed by atoms with Gasteiger partial charge < -0.3 is 14.4 Å². The molecule has 0 amide bonds. The zero-order valence-electron chi connectivity index (χ0n) is 23.4. The summed E-state index contributed by atoms with van der Waals surface area (Å²) in [4.78, 5) is 16.1. The van der Waals surface area contributed by atoms with Crippen molar-refractivity contribution >= 4 is 7.37 Å². The highest BCUT2D eigenvalue weighted by Crippen LogP contribution is 2.41. The van der Waals surface area contributed by atoms with Gasteiger partial charge in [-0.25, -0.2) is 9.37 Å². The average molecular weight is 543 g/mol. The molecule has 0 saturated heterocycles. The van der Waals surface area contributed by atoms with Gasteiger partial charge in [-0.05, 0) is 68.0 Å². The lowest BCUT2D eigenvalue weighted by Crippen LogP contribution is -2.36. The van der Waals surface area contributed by atoms with E-state index in [9.17, 15) is 13.8 Å². The molecule has 1 heterocycles. The molecule has 2 atom stereocenters. The van der Waals surface area contributed by atoms with Crippen molar-refractivity contribution in [3.05, 3.63) is 77.2 Å². The number of aromatic nitrogens is 1. The molecule has 0 saturated carbocycles. The molecule has 2 unspecified atom stereocenters. The van der Waals surface area contributed by atoms with Gasteiger partial charge in [0.05, 0.1) is 13.3 Å². The van der Waals surface area contributed by atoms with Crippen LogP contribution in [0.15, 0.2) is 54.7 Å². The molecule has 6 nitrogen and oxygen atoms in total. The molecule has 0 aliphatic heterocycles. The Labute approximate surface area is 226 Å². The van der Waals surface area contributed by atoms with E-state index in [-0.39, 0.29) is 12.1 Å². The second-order valence-electron chi connectivity index (χ2n) is 10.6. The molecule has 1 aromatic heterocycles. The van der Waals surface area contributed by atoms with E-state index in [1.807, 2.05) is 43.3 Å². The SMILES string of the molecule is COc1cc(-c2ccc(COc3cccc(C(C)CP(C)(=O)O)c3)cc2CN(C(C)C)C(C)C)c(F)cn1. The molecular weight excluding hydrogens is 502 g/mol. The lowest BCUT2D eigenvalue weighted by Gasteiger charge is -2.31. The van der Waals surface area contributed by atoms with Gasteiger partial charge >= 0.3 is 0 Å². The van der Waals surface area contributed by atoms with Crippen molar-refractivity contribution in [1.82, 2.24) is 9.88 Å². The molecule has 8 heteroatoms. The second kappa shape index (κ2) is 12.9. The summed E-state index contributed by atoms with van der Waals surface area (Å²) in [6, 6.07) is 15.9. The third-order valence-electron chi connectivity index (χ3n) is 6.62. The summed E-state index contributed by atoms with van der Waals surface area (Å²) in [5.41, 5.74) is 4.16. The van der Waals surface area contributed by atoms with Crippen LogP contribution in [0, 0.1) is 5.82 Å². The highest BCUT2D eigenvalue weighted by molar-refractivity contribution is 7.57. The summed E-state index contributed by atoms with van der Waals surface area (Å²) in [5.74, 6) is 0.594. The Morgan fingerprint density at radius 2 is 1.74 bits per heavy atom. The number of rotatable bonds is 12. The van der Waals surface area contributed by atoms with Gasteiger partial charge in [0, 0.05) is 43.1 Å². The number of methoxy groups -OCH3 is 1. The van der Waals surface area contributed by atoms with Crippen LogP contribution in [0.25, 0.3) is 11.1 Å². The molecular formula is C30H40FN2O4P. The first-order chi connectivity index (χ1) is 17.9. The van der Waals surface area contributed by atoms with Gasteiger partial charge in [0.2, 0.25) is 5.88 Å². The molecule has 0 fully saturated rings. The Morgan fingerprint density at radius 3 is 2.37 bits per heavy atom. The maximum atomic E-state index is 14.9. The minimum atomic E-state index is -3.12. The molecule has 0 radical (unpaired) electrons. The first-order valence-corrected chi connectivity index (χ1v) is 15.3. The molecule has 206 valence electrons. The van der Waals surface area contributed by atoms with Crippen LogP contribution in [0.3, 0.4) is 0 Å². The molecule has 3 rings (SSSR count). The van der Waals surface area contributed by atoms with Crippen LogP contribution in [0.2, 0.25) is 0 Å². The van der Waals surface area contributed by atoms with Crippen molar-refractivity contribution in [1.29, 1.82) is 0 Å². The molecule has 0 bridgehead atoms. The lowest BCUT2D eigenvalue weighted by molar-refractivity contribution is 0.166. The molecule has 3 aromatic rings. The van der Waals surface area contributed by atoms with Crippen LogP contribution in [0.5, 0.6) is 11.6 Å². The smallest absolute Gasteiger partial charge is 0.213 e. The van der Waals surface area contributed by atoms with Crippen molar-refractivity contribution in [2.75, 3.05) is 19.9 Å². The third-order valence-corrected chi connectivity index (χ3v) is 7.85. The van der Waals surface area contributed by atoms with Crippen LogP contribution in [-0.2, 0) is 17.7 Å². The Morgan fingerprint density at radius 1 is 1.03 bits per heavy atom. The van der Waals surface area contributed by atoms with Gasteiger partial charge in [0.25, 0.3) is 0 Å². The first kappa shape index (κ1) is 29.8. The third kappa shape index (κ3) is 8.13. The highest BCUT2D eigenvalue weighted by atomic mass is 31.2. The Hall–Kier alpha value is -2.73. The van der Waals surface area contributed by atoms with Crippen molar-refractivity contribution in [3.63, 3.8) is 0 Å². The molecule has 2 aromatic carbocycles. The van der Waals surface area contributed by atoms with Crippen LogP contribution in [0.4, 0.5) is 4.39 Å². The van der Waals surface area contributed by atoms with E-state index >= 15 is 0 Å². The summed E-state index contributed by atoms with van der Waals surface area (Å²) in [7, 11) is -1.60. The largest absolute Gasteiger partial charge is 0.489 e. The van der Waals surface area contributed by atoms with Gasteiger partial charge in [0.15, 0.2) is 7.37 Å². The number of hydrogen-bond donors (Lipinski definition) is 1. The number of pyridine rings is 1. The summed E-state index contributed by atoms with van der Waals surface area (Å²) in [6.07, 6.45) is 1.42. The van der Waals surface area contributed by atoms with Crippen LogP contribution >= 0.6 is 7.37 Å². The minimum Gasteiger partial charge on any atom is -0.489 e. The van der Waals surface area contributed by atoms with E-state index in [4.69, 9.17) is 9.47 Å². The Bertz CT molecular complexity index is 1270. The van der Waals surface area contributed by atoms with Crippen molar-refractivity contribution in [2.45, 2.75) is 65.8 Å².